The SMILES string of the molecule is COc1ccc(C(Cl)C(=O)NC2CCCCC2C)cc1OC. The lowest BCUT2D eigenvalue weighted by Crippen LogP contribution is -2.42. The highest BCUT2D eigenvalue weighted by Crippen LogP contribution is 2.32. The average molecular weight is 326 g/mol. The number of carbonyl (C=O) groups excluding carboxylic acids is 1. The summed E-state index contributed by atoms with van der Waals surface area (Å²) in [5.41, 5.74) is 0.709. The van der Waals surface area contributed by atoms with Crippen LogP contribution in [-0.2, 0) is 4.79 Å². The number of hydrogen-bond acceptors (Lipinski definition) is 3. The van der Waals surface area contributed by atoms with E-state index in [2.05, 4.69) is 12.2 Å². The molecule has 5 heteroatoms. The van der Waals surface area contributed by atoms with Gasteiger partial charge < -0.3 is 14.8 Å². The van der Waals surface area contributed by atoms with E-state index >= 15 is 0 Å². The van der Waals surface area contributed by atoms with Crippen LogP contribution in [0.5, 0.6) is 11.5 Å². The molecule has 1 fully saturated rings. The number of halogens is 1. The number of methoxy groups -OCH3 is 2. The van der Waals surface area contributed by atoms with Crippen molar-refractivity contribution in [2.75, 3.05) is 14.2 Å². The smallest absolute Gasteiger partial charge is 0.242 e. The molecule has 1 aromatic carbocycles. The molecule has 1 aromatic rings. The maximum absolute atomic E-state index is 12.4. The van der Waals surface area contributed by atoms with E-state index in [1.807, 2.05) is 0 Å². The molecule has 4 nitrogen and oxygen atoms in total. The van der Waals surface area contributed by atoms with Gasteiger partial charge >= 0.3 is 0 Å². The van der Waals surface area contributed by atoms with E-state index in [1.165, 1.54) is 12.8 Å². The lowest BCUT2D eigenvalue weighted by Gasteiger charge is -2.30. The van der Waals surface area contributed by atoms with E-state index in [-0.39, 0.29) is 11.9 Å². The van der Waals surface area contributed by atoms with Crippen molar-refractivity contribution in [3.8, 4) is 11.5 Å². The van der Waals surface area contributed by atoms with E-state index in [9.17, 15) is 4.79 Å². The van der Waals surface area contributed by atoms with Crippen LogP contribution in [0.3, 0.4) is 0 Å². The van der Waals surface area contributed by atoms with Crippen molar-refractivity contribution < 1.29 is 14.3 Å². The molecule has 122 valence electrons. The first kappa shape index (κ1) is 16.9. The van der Waals surface area contributed by atoms with Crippen molar-refractivity contribution >= 4 is 17.5 Å². The molecule has 1 amide bonds. The molecule has 1 aliphatic rings. The minimum atomic E-state index is -0.728. The van der Waals surface area contributed by atoms with Gasteiger partial charge in [0.25, 0.3) is 0 Å². The van der Waals surface area contributed by atoms with Crippen LogP contribution < -0.4 is 14.8 Å². The Morgan fingerprint density at radius 3 is 2.55 bits per heavy atom. The average Bonchev–Trinajstić information content (AvgIpc) is 2.55. The first-order chi connectivity index (χ1) is 10.6. The van der Waals surface area contributed by atoms with Crippen molar-refractivity contribution in [3.63, 3.8) is 0 Å². The Hall–Kier alpha value is -1.42. The molecule has 0 radical (unpaired) electrons. The maximum Gasteiger partial charge on any atom is 0.242 e. The molecule has 1 aliphatic carbocycles. The Balaban J connectivity index is 2.06. The number of amides is 1. The second-order valence-corrected chi connectivity index (χ2v) is 6.29. The van der Waals surface area contributed by atoms with Gasteiger partial charge in [0.15, 0.2) is 11.5 Å². The van der Waals surface area contributed by atoms with E-state index in [4.69, 9.17) is 21.1 Å². The minimum absolute atomic E-state index is 0.146. The maximum atomic E-state index is 12.4. The predicted octanol–water partition coefficient (Wildman–Crippen LogP) is 3.68. The number of ether oxygens (including phenoxy) is 2. The molecule has 0 spiro atoms. The van der Waals surface area contributed by atoms with Crippen LogP contribution in [0.1, 0.15) is 43.5 Å². The molecule has 0 heterocycles. The van der Waals surface area contributed by atoms with Gasteiger partial charge in [-0.2, -0.15) is 0 Å². The zero-order valence-electron chi connectivity index (χ0n) is 13.4. The molecule has 22 heavy (non-hydrogen) atoms. The summed E-state index contributed by atoms with van der Waals surface area (Å²) < 4.78 is 10.5. The second-order valence-electron chi connectivity index (χ2n) is 5.85. The molecule has 0 aliphatic heterocycles. The van der Waals surface area contributed by atoms with Crippen molar-refractivity contribution in [3.05, 3.63) is 23.8 Å². The van der Waals surface area contributed by atoms with Crippen LogP contribution in [-0.4, -0.2) is 26.2 Å². The molecule has 3 unspecified atom stereocenters. The molecule has 0 saturated heterocycles. The zero-order chi connectivity index (χ0) is 16.1. The Morgan fingerprint density at radius 2 is 1.91 bits per heavy atom. The van der Waals surface area contributed by atoms with Gasteiger partial charge in [-0.3, -0.25) is 4.79 Å². The number of carbonyl (C=O) groups is 1. The highest BCUT2D eigenvalue weighted by atomic mass is 35.5. The van der Waals surface area contributed by atoms with Gasteiger partial charge in [0, 0.05) is 6.04 Å². The largest absolute Gasteiger partial charge is 0.493 e. The zero-order valence-corrected chi connectivity index (χ0v) is 14.2. The Kier molecular flexibility index (Phi) is 5.95. The van der Waals surface area contributed by atoms with Crippen LogP contribution in [0, 0.1) is 5.92 Å². The van der Waals surface area contributed by atoms with Gasteiger partial charge in [-0.05, 0) is 36.5 Å². The van der Waals surface area contributed by atoms with Gasteiger partial charge in [-0.1, -0.05) is 25.8 Å². The van der Waals surface area contributed by atoms with Crippen molar-refractivity contribution in [2.24, 2.45) is 5.92 Å². The highest BCUT2D eigenvalue weighted by Gasteiger charge is 2.26. The molecule has 3 atom stereocenters. The van der Waals surface area contributed by atoms with Crippen LogP contribution in [0.4, 0.5) is 0 Å². The number of nitrogens with one attached hydrogen (secondary N) is 1. The number of hydrogen-bond donors (Lipinski definition) is 1. The van der Waals surface area contributed by atoms with Crippen LogP contribution in [0.15, 0.2) is 18.2 Å². The van der Waals surface area contributed by atoms with E-state index in [0.29, 0.717) is 23.0 Å². The summed E-state index contributed by atoms with van der Waals surface area (Å²) in [6.07, 6.45) is 4.60. The first-order valence-electron chi connectivity index (χ1n) is 7.73. The lowest BCUT2D eigenvalue weighted by atomic mass is 9.86. The van der Waals surface area contributed by atoms with Crippen molar-refractivity contribution in [1.82, 2.24) is 5.32 Å². The third-order valence-corrected chi connectivity index (χ3v) is 4.82. The van der Waals surface area contributed by atoms with Gasteiger partial charge in [-0.25, -0.2) is 0 Å². The Morgan fingerprint density at radius 1 is 1.23 bits per heavy atom. The summed E-state index contributed by atoms with van der Waals surface area (Å²) in [6.45, 7) is 2.18. The summed E-state index contributed by atoms with van der Waals surface area (Å²) in [4.78, 5) is 12.4. The summed E-state index contributed by atoms with van der Waals surface area (Å²) in [5.74, 6) is 1.56. The minimum Gasteiger partial charge on any atom is -0.493 e. The van der Waals surface area contributed by atoms with Gasteiger partial charge in [0.1, 0.15) is 5.38 Å². The number of rotatable bonds is 5. The van der Waals surface area contributed by atoms with Crippen molar-refractivity contribution in [2.45, 2.75) is 44.0 Å². The fraction of sp³-hybridized carbons (Fsp3) is 0.588. The summed E-state index contributed by atoms with van der Waals surface area (Å²) >= 11 is 6.34. The first-order valence-corrected chi connectivity index (χ1v) is 8.16. The number of benzene rings is 1. The molecule has 1 saturated carbocycles. The van der Waals surface area contributed by atoms with E-state index in [1.54, 1.807) is 32.4 Å². The van der Waals surface area contributed by atoms with Gasteiger partial charge in [0.2, 0.25) is 5.91 Å². The third-order valence-electron chi connectivity index (χ3n) is 4.37. The highest BCUT2D eigenvalue weighted by molar-refractivity contribution is 6.30. The monoisotopic (exact) mass is 325 g/mol. The van der Waals surface area contributed by atoms with Crippen LogP contribution in [0.2, 0.25) is 0 Å². The fourth-order valence-corrected chi connectivity index (χ4v) is 3.15. The van der Waals surface area contributed by atoms with E-state index < -0.39 is 5.38 Å². The number of alkyl halides is 1. The van der Waals surface area contributed by atoms with E-state index in [0.717, 1.165) is 12.8 Å². The topological polar surface area (TPSA) is 47.6 Å². The normalized spacial score (nSPS) is 22.7. The van der Waals surface area contributed by atoms with Crippen molar-refractivity contribution in [1.29, 1.82) is 0 Å². The van der Waals surface area contributed by atoms with Crippen LogP contribution >= 0.6 is 11.6 Å². The second kappa shape index (κ2) is 7.73. The third kappa shape index (κ3) is 3.86. The molecular weight excluding hydrogens is 302 g/mol. The Labute approximate surface area is 137 Å². The Bertz CT molecular complexity index is 521. The molecule has 0 bridgehead atoms. The summed E-state index contributed by atoms with van der Waals surface area (Å²) in [6, 6.07) is 5.53. The lowest BCUT2D eigenvalue weighted by molar-refractivity contribution is -0.122. The quantitative estimate of drug-likeness (QED) is 0.840. The summed E-state index contributed by atoms with van der Waals surface area (Å²) in [7, 11) is 3.14. The van der Waals surface area contributed by atoms with Crippen LogP contribution in [0.25, 0.3) is 0 Å². The fourth-order valence-electron chi connectivity index (χ4n) is 2.95. The van der Waals surface area contributed by atoms with Gasteiger partial charge in [-0.15, -0.1) is 11.6 Å². The molecule has 0 aromatic heterocycles. The predicted molar refractivity (Wildman–Crippen MR) is 87.7 cm³/mol. The van der Waals surface area contributed by atoms with Gasteiger partial charge in [0.05, 0.1) is 14.2 Å². The standard InChI is InChI=1S/C17H24ClNO3/c1-11-6-4-5-7-13(11)19-17(20)16(18)12-8-9-14(21-2)15(10-12)22-3/h8-11,13,16H,4-7H2,1-3H3,(H,19,20). The molecule has 1 N–H and O–H groups in total. The molecule has 2 rings (SSSR count). The summed E-state index contributed by atoms with van der Waals surface area (Å²) in [5, 5.41) is 2.36. The molecular formula is C17H24ClNO3.